The van der Waals surface area contributed by atoms with Crippen LogP contribution in [0.25, 0.3) is 0 Å². The molecule has 0 aromatic heterocycles. The summed E-state index contributed by atoms with van der Waals surface area (Å²) in [6.07, 6.45) is 0. The molecule has 0 fully saturated rings. The molecule has 0 aromatic rings. The minimum absolute atomic E-state index is 0.651. The summed E-state index contributed by atoms with van der Waals surface area (Å²) in [4.78, 5) is 2.30. The van der Waals surface area contributed by atoms with Crippen molar-refractivity contribution in [2.45, 2.75) is 34.6 Å². The monoisotopic (exact) mass is 217 g/mol. The molecule has 2 atom stereocenters. The lowest BCUT2D eigenvalue weighted by Crippen LogP contribution is -2.18. The van der Waals surface area contributed by atoms with E-state index >= 15 is 0 Å². The highest BCUT2D eigenvalue weighted by Gasteiger charge is 2.39. The predicted octanol–water partition coefficient (Wildman–Crippen LogP) is 3.75. The Labute approximate surface area is 99.5 Å². The molecule has 0 spiro atoms. The second-order valence-corrected chi connectivity index (χ2v) is 5.52. The summed E-state index contributed by atoms with van der Waals surface area (Å²) < 4.78 is 0. The third kappa shape index (κ3) is 1.24. The summed E-state index contributed by atoms with van der Waals surface area (Å²) in [6.45, 7) is 11.5. The quantitative estimate of drug-likeness (QED) is 0.646. The Morgan fingerprint density at radius 1 is 0.812 bits per heavy atom. The van der Waals surface area contributed by atoms with Crippen LogP contribution in [0.15, 0.2) is 33.6 Å². The number of hydrogen-bond acceptors (Lipinski definition) is 1. The van der Waals surface area contributed by atoms with E-state index < -0.39 is 0 Å². The van der Waals surface area contributed by atoms with Crippen LogP contribution >= 0.6 is 0 Å². The zero-order chi connectivity index (χ0) is 12.2. The molecule has 0 amide bonds. The molecule has 0 aliphatic heterocycles. The van der Waals surface area contributed by atoms with E-state index in [0.717, 1.165) is 0 Å². The van der Waals surface area contributed by atoms with E-state index in [1.54, 1.807) is 11.1 Å². The largest absolute Gasteiger partial charge is 0.380 e. The van der Waals surface area contributed by atoms with E-state index in [1.165, 1.54) is 22.4 Å². The highest BCUT2D eigenvalue weighted by atomic mass is 15.1. The molecule has 1 nitrogen and oxygen atoms in total. The SMILES string of the molecule is CC1=C(C)C2=C(N(C)C)C(C)C(C)C2=C1C. The first-order valence-electron chi connectivity index (χ1n) is 6.18. The molecule has 0 radical (unpaired) electrons. The van der Waals surface area contributed by atoms with Gasteiger partial charge in [-0.25, -0.2) is 0 Å². The van der Waals surface area contributed by atoms with Crippen molar-refractivity contribution >= 4 is 0 Å². The Morgan fingerprint density at radius 3 is 1.88 bits per heavy atom. The van der Waals surface area contributed by atoms with Gasteiger partial charge < -0.3 is 4.90 Å². The van der Waals surface area contributed by atoms with Crippen molar-refractivity contribution < 1.29 is 0 Å². The maximum Gasteiger partial charge on any atom is 0.0241 e. The molecule has 0 N–H and O–H groups in total. The van der Waals surface area contributed by atoms with Crippen LogP contribution in [-0.4, -0.2) is 19.0 Å². The Morgan fingerprint density at radius 2 is 1.38 bits per heavy atom. The van der Waals surface area contributed by atoms with Gasteiger partial charge in [0, 0.05) is 31.3 Å². The third-order valence-corrected chi connectivity index (χ3v) is 4.55. The summed E-state index contributed by atoms with van der Waals surface area (Å²) in [5.74, 6) is 1.32. The van der Waals surface area contributed by atoms with Crippen molar-refractivity contribution in [3.63, 3.8) is 0 Å². The zero-order valence-corrected chi connectivity index (χ0v) is 11.6. The van der Waals surface area contributed by atoms with Gasteiger partial charge in [-0.3, -0.25) is 0 Å². The summed E-state index contributed by atoms with van der Waals surface area (Å²) in [6, 6.07) is 0. The number of allylic oxidation sites excluding steroid dienone is 6. The van der Waals surface area contributed by atoms with Crippen LogP contribution in [-0.2, 0) is 0 Å². The summed E-state index contributed by atoms with van der Waals surface area (Å²) in [5, 5.41) is 0. The van der Waals surface area contributed by atoms with Crippen LogP contribution < -0.4 is 0 Å². The van der Waals surface area contributed by atoms with Crippen LogP contribution in [0.2, 0.25) is 0 Å². The Kier molecular flexibility index (Phi) is 2.52. The minimum atomic E-state index is 0.651. The predicted molar refractivity (Wildman–Crippen MR) is 70.1 cm³/mol. The van der Waals surface area contributed by atoms with Gasteiger partial charge in [0.15, 0.2) is 0 Å². The minimum Gasteiger partial charge on any atom is -0.380 e. The van der Waals surface area contributed by atoms with Crippen LogP contribution in [0.1, 0.15) is 34.6 Å². The molecule has 0 bridgehead atoms. The molecule has 2 unspecified atom stereocenters. The molecule has 0 saturated heterocycles. The molecule has 16 heavy (non-hydrogen) atoms. The van der Waals surface area contributed by atoms with Gasteiger partial charge in [0.2, 0.25) is 0 Å². The van der Waals surface area contributed by atoms with Gasteiger partial charge in [-0.15, -0.1) is 0 Å². The molecule has 0 aromatic carbocycles. The molecular formula is C15H23N. The topological polar surface area (TPSA) is 3.24 Å². The van der Waals surface area contributed by atoms with Crippen LogP contribution in [0.3, 0.4) is 0 Å². The van der Waals surface area contributed by atoms with E-state index in [9.17, 15) is 0 Å². The van der Waals surface area contributed by atoms with E-state index in [1.807, 2.05) is 0 Å². The van der Waals surface area contributed by atoms with E-state index in [2.05, 4.69) is 53.6 Å². The molecular weight excluding hydrogens is 194 g/mol. The van der Waals surface area contributed by atoms with Gasteiger partial charge in [0.1, 0.15) is 0 Å². The van der Waals surface area contributed by atoms with Crippen molar-refractivity contribution in [2.24, 2.45) is 11.8 Å². The second kappa shape index (κ2) is 3.51. The zero-order valence-electron chi connectivity index (χ0n) is 11.6. The molecule has 2 aliphatic carbocycles. The number of nitrogens with zero attached hydrogens (tertiary/aromatic N) is 1. The first kappa shape index (κ1) is 11.5. The highest BCUT2D eigenvalue weighted by Crippen LogP contribution is 2.51. The van der Waals surface area contributed by atoms with E-state index in [0.29, 0.717) is 11.8 Å². The average Bonchev–Trinajstić information content (AvgIpc) is 2.59. The molecule has 0 saturated carbocycles. The highest BCUT2D eigenvalue weighted by molar-refractivity contribution is 5.67. The summed E-state index contributed by atoms with van der Waals surface area (Å²) in [5.41, 5.74) is 9.17. The van der Waals surface area contributed by atoms with E-state index in [-0.39, 0.29) is 0 Å². The van der Waals surface area contributed by atoms with E-state index in [4.69, 9.17) is 0 Å². The van der Waals surface area contributed by atoms with Gasteiger partial charge >= 0.3 is 0 Å². The van der Waals surface area contributed by atoms with Gasteiger partial charge in [-0.05, 0) is 49.0 Å². The lowest BCUT2D eigenvalue weighted by molar-refractivity contribution is 0.401. The van der Waals surface area contributed by atoms with Crippen molar-refractivity contribution in [1.29, 1.82) is 0 Å². The van der Waals surface area contributed by atoms with Crippen LogP contribution in [0.5, 0.6) is 0 Å². The number of hydrogen-bond donors (Lipinski definition) is 0. The first-order valence-corrected chi connectivity index (χ1v) is 6.18. The van der Waals surface area contributed by atoms with Crippen molar-refractivity contribution in [3.05, 3.63) is 33.6 Å². The standard InChI is InChI=1S/C15H23N/c1-8-9(2)13-11(4)12(5)15(16(6)7)14(13)10(8)3/h11-12H,1-7H3. The Balaban J connectivity index is 2.69. The van der Waals surface area contributed by atoms with Gasteiger partial charge in [-0.2, -0.15) is 0 Å². The summed E-state index contributed by atoms with van der Waals surface area (Å²) >= 11 is 0. The van der Waals surface area contributed by atoms with Gasteiger partial charge in [0.05, 0.1) is 0 Å². The number of fused-ring (bicyclic) bond motifs is 1. The Bertz CT molecular complexity index is 432. The fraction of sp³-hybridized carbons (Fsp3) is 0.600. The van der Waals surface area contributed by atoms with Crippen LogP contribution in [0.4, 0.5) is 0 Å². The van der Waals surface area contributed by atoms with Crippen molar-refractivity contribution in [3.8, 4) is 0 Å². The molecule has 0 heterocycles. The fourth-order valence-electron chi connectivity index (χ4n) is 3.30. The molecule has 88 valence electrons. The maximum absolute atomic E-state index is 2.37. The normalized spacial score (nSPS) is 29.4. The van der Waals surface area contributed by atoms with Crippen molar-refractivity contribution in [2.75, 3.05) is 14.1 Å². The fourth-order valence-corrected chi connectivity index (χ4v) is 3.30. The second-order valence-electron chi connectivity index (χ2n) is 5.52. The molecule has 2 rings (SSSR count). The average molecular weight is 217 g/mol. The maximum atomic E-state index is 2.37. The summed E-state index contributed by atoms with van der Waals surface area (Å²) in [7, 11) is 4.34. The van der Waals surface area contributed by atoms with Gasteiger partial charge in [0.25, 0.3) is 0 Å². The first-order chi connectivity index (χ1) is 7.37. The van der Waals surface area contributed by atoms with Crippen molar-refractivity contribution in [1.82, 2.24) is 4.90 Å². The Hall–Kier alpha value is -0.980. The lowest BCUT2D eigenvalue weighted by atomic mass is 9.91. The van der Waals surface area contributed by atoms with Gasteiger partial charge in [-0.1, -0.05) is 13.8 Å². The smallest absolute Gasteiger partial charge is 0.0241 e. The lowest BCUT2D eigenvalue weighted by Gasteiger charge is -2.22. The van der Waals surface area contributed by atoms with Crippen LogP contribution in [0, 0.1) is 11.8 Å². The molecule has 1 heteroatoms. The third-order valence-electron chi connectivity index (χ3n) is 4.55. The number of rotatable bonds is 1. The molecule has 2 aliphatic rings.